The quantitative estimate of drug-likeness (QED) is 0.866. The van der Waals surface area contributed by atoms with E-state index in [4.69, 9.17) is 4.99 Å². The molecule has 2 bridgehead atoms. The van der Waals surface area contributed by atoms with Crippen molar-refractivity contribution in [3.05, 3.63) is 0 Å². The number of rotatable bonds is 3. The molecule has 2 unspecified atom stereocenters. The van der Waals surface area contributed by atoms with Gasteiger partial charge in [-0.15, -0.1) is 0 Å². The molecule has 0 aromatic heterocycles. The summed E-state index contributed by atoms with van der Waals surface area (Å²) in [6, 6.07) is 2.12. The van der Waals surface area contributed by atoms with Crippen LogP contribution in [0.4, 0.5) is 0 Å². The van der Waals surface area contributed by atoms with Crippen molar-refractivity contribution >= 4 is 16.9 Å². The number of amidine groups is 1. The molecular weight excluding hydrogens is 266 g/mol. The Labute approximate surface area is 128 Å². The fraction of sp³-hybridized carbons (Fsp3) is 0.938. The molecule has 0 spiro atoms. The zero-order valence-corrected chi connectivity index (χ0v) is 14.0. The summed E-state index contributed by atoms with van der Waals surface area (Å²) in [4.78, 5) is 7.71. The first-order valence-corrected chi connectivity index (χ1v) is 9.35. The number of piperidine rings is 2. The average molecular weight is 295 g/mol. The van der Waals surface area contributed by atoms with Crippen molar-refractivity contribution in [1.82, 2.24) is 10.2 Å². The second-order valence-corrected chi connectivity index (χ2v) is 7.83. The maximum absolute atomic E-state index is 5.08. The zero-order chi connectivity index (χ0) is 14.2. The summed E-state index contributed by atoms with van der Waals surface area (Å²) in [5.41, 5.74) is 0.310. The Balaban J connectivity index is 1.65. The van der Waals surface area contributed by atoms with E-state index in [0.717, 1.165) is 12.1 Å². The molecule has 0 aliphatic carbocycles. The highest BCUT2D eigenvalue weighted by molar-refractivity contribution is 8.14. The second-order valence-electron chi connectivity index (χ2n) is 6.86. The molecule has 4 heteroatoms. The normalized spacial score (nSPS) is 39.0. The summed E-state index contributed by atoms with van der Waals surface area (Å²) < 4.78 is 0. The van der Waals surface area contributed by atoms with Crippen LogP contribution in [0.25, 0.3) is 0 Å². The maximum atomic E-state index is 5.08. The number of thioether (sulfide) groups is 1. The number of aliphatic imine (C=N–C) groups is 1. The highest BCUT2D eigenvalue weighted by Crippen LogP contribution is 2.35. The molecule has 114 valence electrons. The van der Waals surface area contributed by atoms with Gasteiger partial charge in [-0.25, -0.2) is 0 Å². The predicted molar refractivity (Wildman–Crippen MR) is 88.6 cm³/mol. The Morgan fingerprint density at radius 3 is 2.45 bits per heavy atom. The SMILES string of the molecule is CCC1(CC)CSC(=NC2CC3CCCC(C2)N3C)N1. The van der Waals surface area contributed by atoms with Crippen molar-refractivity contribution in [2.75, 3.05) is 12.8 Å². The molecular formula is C16H29N3S. The highest BCUT2D eigenvalue weighted by Gasteiger charge is 2.38. The molecule has 3 rings (SSSR count). The minimum atomic E-state index is 0.310. The van der Waals surface area contributed by atoms with Crippen LogP contribution in [-0.2, 0) is 0 Å². The van der Waals surface area contributed by atoms with Gasteiger partial charge in [0.1, 0.15) is 0 Å². The monoisotopic (exact) mass is 295 g/mol. The third-order valence-electron chi connectivity index (χ3n) is 5.83. The van der Waals surface area contributed by atoms with Crippen molar-refractivity contribution in [2.45, 2.75) is 82.5 Å². The minimum Gasteiger partial charge on any atom is -0.359 e. The fourth-order valence-corrected chi connectivity index (χ4v) is 5.47. The Kier molecular flexibility index (Phi) is 4.32. The lowest BCUT2D eigenvalue weighted by Gasteiger charge is -2.46. The highest BCUT2D eigenvalue weighted by atomic mass is 32.2. The zero-order valence-electron chi connectivity index (χ0n) is 13.2. The van der Waals surface area contributed by atoms with E-state index in [9.17, 15) is 0 Å². The van der Waals surface area contributed by atoms with E-state index in [0.29, 0.717) is 11.6 Å². The van der Waals surface area contributed by atoms with Gasteiger partial charge in [-0.3, -0.25) is 4.99 Å². The Morgan fingerprint density at radius 2 is 1.90 bits per heavy atom. The molecule has 3 heterocycles. The van der Waals surface area contributed by atoms with Crippen molar-refractivity contribution in [3.8, 4) is 0 Å². The van der Waals surface area contributed by atoms with E-state index in [1.165, 1.54) is 55.9 Å². The van der Waals surface area contributed by atoms with Gasteiger partial charge >= 0.3 is 0 Å². The first-order valence-electron chi connectivity index (χ1n) is 8.36. The lowest BCUT2D eigenvalue weighted by molar-refractivity contribution is 0.0574. The Morgan fingerprint density at radius 1 is 1.25 bits per heavy atom. The van der Waals surface area contributed by atoms with Gasteiger partial charge in [0, 0.05) is 23.4 Å². The number of fused-ring (bicyclic) bond motifs is 2. The fourth-order valence-electron chi connectivity index (χ4n) is 4.06. The molecule has 0 radical (unpaired) electrons. The van der Waals surface area contributed by atoms with Crippen LogP contribution in [0.1, 0.15) is 58.8 Å². The molecule has 0 aromatic carbocycles. The van der Waals surface area contributed by atoms with Crippen LogP contribution in [0.2, 0.25) is 0 Å². The molecule has 2 atom stereocenters. The largest absolute Gasteiger partial charge is 0.359 e. The first kappa shape index (κ1) is 14.7. The Hall–Kier alpha value is -0.220. The van der Waals surface area contributed by atoms with Crippen molar-refractivity contribution in [1.29, 1.82) is 0 Å². The standard InChI is InChI=1S/C16H29N3S/c1-4-16(5-2)11-20-15(18-16)17-12-9-13-7-6-8-14(10-12)19(13)3/h12-14H,4-11H2,1-3H3,(H,17,18). The van der Waals surface area contributed by atoms with Crippen LogP contribution in [0.15, 0.2) is 4.99 Å². The molecule has 20 heavy (non-hydrogen) atoms. The summed E-state index contributed by atoms with van der Waals surface area (Å²) in [5.74, 6) is 1.19. The minimum absolute atomic E-state index is 0.310. The van der Waals surface area contributed by atoms with Crippen LogP contribution >= 0.6 is 11.8 Å². The smallest absolute Gasteiger partial charge is 0.157 e. The predicted octanol–water partition coefficient (Wildman–Crippen LogP) is 3.25. The van der Waals surface area contributed by atoms with Crippen LogP contribution in [0, 0.1) is 0 Å². The topological polar surface area (TPSA) is 27.6 Å². The van der Waals surface area contributed by atoms with Crippen LogP contribution < -0.4 is 5.32 Å². The number of nitrogens with one attached hydrogen (secondary N) is 1. The second kappa shape index (κ2) is 5.88. The molecule has 0 saturated carbocycles. The van der Waals surface area contributed by atoms with Crippen molar-refractivity contribution < 1.29 is 0 Å². The van der Waals surface area contributed by atoms with Crippen molar-refractivity contribution in [2.24, 2.45) is 4.99 Å². The van der Waals surface area contributed by atoms with Gasteiger partial charge in [-0.05, 0) is 45.6 Å². The average Bonchev–Trinajstić information content (AvgIpc) is 2.84. The van der Waals surface area contributed by atoms with Gasteiger partial charge in [0.15, 0.2) is 5.17 Å². The van der Waals surface area contributed by atoms with E-state index in [1.807, 2.05) is 11.8 Å². The number of hydrogen-bond acceptors (Lipinski definition) is 3. The summed E-state index contributed by atoms with van der Waals surface area (Å²) in [6.07, 6.45) is 9.12. The van der Waals surface area contributed by atoms with E-state index in [2.05, 4.69) is 31.1 Å². The number of nitrogens with zero attached hydrogens (tertiary/aromatic N) is 2. The third kappa shape index (κ3) is 2.74. The third-order valence-corrected chi connectivity index (χ3v) is 7.00. The maximum Gasteiger partial charge on any atom is 0.157 e. The molecule has 0 amide bonds. The van der Waals surface area contributed by atoms with Gasteiger partial charge < -0.3 is 10.2 Å². The lowest BCUT2D eigenvalue weighted by atomic mass is 9.82. The van der Waals surface area contributed by atoms with Crippen LogP contribution in [0.3, 0.4) is 0 Å². The molecule has 1 N–H and O–H groups in total. The van der Waals surface area contributed by atoms with Crippen molar-refractivity contribution in [3.63, 3.8) is 0 Å². The van der Waals surface area contributed by atoms with Gasteiger partial charge in [-0.2, -0.15) is 0 Å². The van der Waals surface area contributed by atoms with E-state index < -0.39 is 0 Å². The first-order chi connectivity index (χ1) is 9.65. The number of hydrogen-bond donors (Lipinski definition) is 1. The molecule has 0 aromatic rings. The Bertz CT molecular complexity index is 364. The summed E-state index contributed by atoms with van der Waals surface area (Å²) in [6.45, 7) is 4.58. The molecule has 3 fully saturated rings. The molecule has 3 aliphatic rings. The van der Waals surface area contributed by atoms with E-state index >= 15 is 0 Å². The van der Waals surface area contributed by atoms with Gasteiger partial charge in [0.05, 0.1) is 6.04 Å². The van der Waals surface area contributed by atoms with E-state index in [1.54, 1.807) is 0 Å². The van der Waals surface area contributed by atoms with Gasteiger partial charge in [0.25, 0.3) is 0 Å². The van der Waals surface area contributed by atoms with Gasteiger partial charge in [0.2, 0.25) is 0 Å². The van der Waals surface area contributed by atoms with Crippen LogP contribution in [0.5, 0.6) is 0 Å². The van der Waals surface area contributed by atoms with Gasteiger partial charge in [-0.1, -0.05) is 32.0 Å². The summed E-state index contributed by atoms with van der Waals surface area (Å²) >= 11 is 1.95. The van der Waals surface area contributed by atoms with E-state index in [-0.39, 0.29) is 0 Å². The summed E-state index contributed by atoms with van der Waals surface area (Å²) in [7, 11) is 2.32. The lowest BCUT2D eigenvalue weighted by Crippen LogP contribution is -2.51. The molecule has 3 saturated heterocycles. The van der Waals surface area contributed by atoms with Crippen LogP contribution in [-0.4, -0.2) is 46.5 Å². The molecule has 3 aliphatic heterocycles. The molecule has 3 nitrogen and oxygen atoms in total. The summed E-state index contributed by atoms with van der Waals surface area (Å²) in [5, 5.41) is 4.95.